The highest BCUT2D eigenvalue weighted by Crippen LogP contribution is 2.26. The van der Waals surface area contributed by atoms with Crippen molar-refractivity contribution in [1.29, 1.82) is 0 Å². The lowest BCUT2D eigenvalue weighted by molar-refractivity contribution is -0.384. The highest BCUT2D eigenvalue weighted by atomic mass is 35.5. The van der Waals surface area contributed by atoms with Crippen LogP contribution in [0.1, 0.15) is 31.7 Å². The van der Waals surface area contributed by atoms with E-state index < -0.39 is 10.5 Å². The van der Waals surface area contributed by atoms with Crippen LogP contribution < -0.4 is 0 Å². The summed E-state index contributed by atoms with van der Waals surface area (Å²) in [6, 6.07) is 4.59. The molecule has 1 aromatic carbocycles. The fourth-order valence-electron chi connectivity index (χ4n) is 2.50. The van der Waals surface area contributed by atoms with Crippen LogP contribution in [-0.2, 0) is 6.54 Å². The molecule has 110 valence electrons. The van der Waals surface area contributed by atoms with Crippen LogP contribution in [0.4, 0.5) is 5.69 Å². The predicted molar refractivity (Wildman–Crippen MR) is 77.9 cm³/mol. The maximum atomic E-state index is 10.7. The number of hydrogen-bond donors (Lipinski definition) is 1. The fraction of sp³-hybridized carbons (Fsp3) is 0.571. The Hall–Kier alpha value is -1.17. The van der Waals surface area contributed by atoms with Gasteiger partial charge in [-0.25, -0.2) is 0 Å². The molecule has 5 nitrogen and oxygen atoms in total. The van der Waals surface area contributed by atoms with Gasteiger partial charge in [-0.3, -0.25) is 15.0 Å². The second-order valence-corrected chi connectivity index (χ2v) is 6.07. The molecule has 0 amide bonds. The monoisotopic (exact) mass is 298 g/mol. The molecule has 0 spiro atoms. The Morgan fingerprint density at radius 2 is 2.20 bits per heavy atom. The maximum Gasteiger partial charge on any atom is 0.270 e. The maximum absolute atomic E-state index is 10.7. The van der Waals surface area contributed by atoms with Crippen molar-refractivity contribution >= 4 is 17.3 Å². The molecule has 1 aliphatic heterocycles. The van der Waals surface area contributed by atoms with Gasteiger partial charge in [0.15, 0.2) is 0 Å². The molecule has 1 N–H and O–H groups in total. The zero-order valence-corrected chi connectivity index (χ0v) is 12.3. The number of nitrogens with zero attached hydrogens (tertiary/aromatic N) is 2. The van der Waals surface area contributed by atoms with E-state index in [9.17, 15) is 15.2 Å². The summed E-state index contributed by atoms with van der Waals surface area (Å²) in [5.41, 5.74) is 0.310. The standard InChI is InChI=1S/C14H19ClN2O3/c1-14(18)5-2-7-16(8-6-14)10-11-3-4-12(17(19)20)9-13(11)15/h3-4,9,18H,2,5-8,10H2,1H3. The summed E-state index contributed by atoms with van der Waals surface area (Å²) >= 11 is 6.11. The van der Waals surface area contributed by atoms with Crippen molar-refractivity contribution in [3.63, 3.8) is 0 Å². The molecule has 2 rings (SSSR count). The van der Waals surface area contributed by atoms with Crippen molar-refractivity contribution in [2.45, 2.75) is 38.3 Å². The lowest BCUT2D eigenvalue weighted by Crippen LogP contribution is -2.28. The van der Waals surface area contributed by atoms with Crippen LogP contribution in [0.3, 0.4) is 0 Å². The number of hydrogen-bond acceptors (Lipinski definition) is 4. The molecule has 1 heterocycles. The topological polar surface area (TPSA) is 66.6 Å². The molecule has 0 bridgehead atoms. The Kier molecular flexibility index (Phi) is 4.62. The molecule has 0 aliphatic carbocycles. The number of aliphatic hydroxyl groups is 1. The summed E-state index contributed by atoms with van der Waals surface area (Å²) in [5.74, 6) is 0. The molecule has 6 heteroatoms. The van der Waals surface area contributed by atoms with Gasteiger partial charge in [-0.1, -0.05) is 11.6 Å². The second-order valence-electron chi connectivity index (χ2n) is 5.66. The zero-order chi connectivity index (χ0) is 14.8. The van der Waals surface area contributed by atoms with E-state index >= 15 is 0 Å². The minimum atomic E-state index is -0.589. The number of nitro groups is 1. The van der Waals surface area contributed by atoms with E-state index in [1.807, 2.05) is 6.92 Å². The summed E-state index contributed by atoms with van der Waals surface area (Å²) in [6.07, 6.45) is 2.48. The molecular weight excluding hydrogens is 280 g/mol. The second kappa shape index (κ2) is 6.08. The number of halogens is 1. The first kappa shape index (κ1) is 15.2. The summed E-state index contributed by atoms with van der Waals surface area (Å²) in [5, 5.41) is 21.2. The summed E-state index contributed by atoms with van der Waals surface area (Å²) < 4.78 is 0. The number of non-ortho nitro benzene ring substituents is 1. The number of nitro benzene ring substituents is 1. The number of rotatable bonds is 3. The lowest BCUT2D eigenvalue weighted by Gasteiger charge is -2.22. The van der Waals surface area contributed by atoms with Gasteiger partial charge in [-0.2, -0.15) is 0 Å². The highest BCUT2D eigenvalue weighted by Gasteiger charge is 2.25. The van der Waals surface area contributed by atoms with Gasteiger partial charge in [0, 0.05) is 25.2 Å². The molecule has 1 saturated heterocycles. The van der Waals surface area contributed by atoms with Crippen molar-refractivity contribution in [3.8, 4) is 0 Å². The Balaban J connectivity index is 2.05. The van der Waals surface area contributed by atoms with E-state index in [1.165, 1.54) is 12.1 Å². The van der Waals surface area contributed by atoms with E-state index in [0.29, 0.717) is 11.6 Å². The molecular formula is C14H19ClN2O3. The summed E-state index contributed by atoms with van der Waals surface area (Å²) in [6.45, 7) is 4.24. The Morgan fingerprint density at radius 3 is 2.85 bits per heavy atom. The molecule has 1 unspecified atom stereocenters. The van der Waals surface area contributed by atoms with E-state index in [0.717, 1.165) is 37.9 Å². The van der Waals surface area contributed by atoms with Gasteiger partial charge in [0.05, 0.1) is 15.5 Å². The van der Waals surface area contributed by atoms with Crippen molar-refractivity contribution in [2.24, 2.45) is 0 Å². The summed E-state index contributed by atoms with van der Waals surface area (Å²) in [7, 11) is 0. The molecule has 1 aromatic rings. The average molecular weight is 299 g/mol. The van der Waals surface area contributed by atoms with Gasteiger partial charge in [0.25, 0.3) is 5.69 Å². The van der Waals surface area contributed by atoms with Crippen LogP contribution in [0.2, 0.25) is 5.02 Å². The number of benzene rings is 1. The van der Waals surface area contributed by atoms with Crippen LogP contribution in [0.15, 0.2) is 18.2 Å². The Morgan fingerprint density at radius 1 is 1.45 bits per heavy atom. The average Bonchev–Trinajstić information content (AvgIpc) is 2.53. The predicted octanol–water partition coefficient (Wildman–Crippen LogP) is 2.99. The van der Waals surface area contributed by atoms with Crippen LogP contribution in [0, 0.1) is 10.1 Å². The molecule has 1 atom stereocenters. The van der Waals surface area contributed by atoms with Crippen molar-refractivity contribution < 1.29 is 10.0 Å². The highest BCUT2D eigenvalue weighted by molar-refractivity contribution is 6.31. The minimum Gasteiger partial charge on any atom is -0.390 e. The van der Waals surface area contributed by atoms with Gasteiger partial charge >= 0.3 is 0 Å². The van der Waals surface area contributed by atoms with Crippen LogP contribution in [0.25, 0.3) is 0 Å². The minimum absolute atomic E-state index is 0.0116. The van der Waals surface area contributed by atoms with Gasteiger partial charge in [0.1, 0.15) is 0 Å². The van der Waals surface area contributed by atoms with Crippen LogP contribution in [0.5, 0.6) is 0 Å². The van der Waals surface area contributed by atoms with E-state index in [2.05, 4.69) is 4.90 Å². The third-order valence-corrected chi connectivity index (χ3v) is 4.15. The fourth-order valence-corrected chi connectivity index (χ4v) is 2.73. The first-order valence-corrected chi connectivity index (χ1v) is 7.13. The third kappa shape index (κ3) is 3.91. The molecule has 0 saturated carbocycles. The van der Waals surface area contributed by atoms with Gasteiger partial charge in [-0.05, 0) is 44.4 Å². The van der Waals surface area contributed by atoms with Gasteiger partial charge in [0.2, 0.25) is 0 Å². The first-order chi connectivity index (χ1) is 9.37. The van der Waals surface area contributed by atoms with Crippen LogP contribution in [-0.4, -0.2) is 33.6 Å². The van der Waals surface area contributed by atoms with Crippen LogP contribution >= 0.6 is 11.6 Å². The third-order valence-electron chi connectivity index (χ3n) is 3.80. The van der Waals surface area contributed by atoms with Crippen molar-refractivity contribution in [3.05, 3.63) is 38.9 Å². The SMILES string of the molecule is CC1(O)CCCN(Cc2ccc([N+](=O)[O-])cc2Cl)CC1. The largest absolute Gasteiger partial charge is 0.390 e. The molecule has 1 aliphatic rings. The lowest BCUT2D eigenvalue weighted by atomic mass is 9.98. The van der Waals surface area contributed by atoms with E-state index in [-0.39, 0.29) is 5.69 Å². The van der Waals surface area contributed by atoms with Crippen molar-refractivity contribution in [2.75, 3.05) is 13.1 Å². The Labute approximate surface area is 123 Å². The van der Waals surface area contributed by atoms with Gasteiger partial charge < -0.3 is 5.11 Å². The number of likely N-dealkylation sites (tertiary alicyclic amines) is 1. The molecule has 0 radical (unpaired) electrons. The normalized spacial score (nSPS) is 24.4. The van der Waals surface area contributed by atoms with Gasteiger partial charge in [-0.15, -0.1) is 0 Å². The molecule has 1 fully saturated rings. The first-order valence-electron chi connectivity index (χ1n) is 6.75. The van der Waals surface area contributed by atoms with Crippen molar-refractivity contribution in [1.82, 2.24) is 4.90 Å². The summed E-state index contributed by atoms with van der Waals surface area (Å²) in [4.78, 5) is 12.5. The Bertz CT molecular complexity index is 505. The molecule has 0 aromatic heterocycles. The zero-order valence-electron chi connectivity index (χ0n) is 11.5. The van der Waals surface area contributed by atoms with E-state index in [4.69, 9.17) is 11.6 Å². The smallest absolute Gasteiger partial charge is 0.270 e. The quantitative estimate of drug-likeness (QED) is 0.688. The molecule has 20 heavy (non-hydrogen) atoms. The van der Waals surface area contributed by atoms with E-state index in [1.54, 1.807) is 6.07 Å².